The van der Waals surface area contributed by atoms with E-state index >= 15 is 0 Å². The van der Waals surface area contributed by atoms with Crippen molar-refractivity contribution in [1.82, 2.24) is 5.32 Å². The Morgan fingerprint density at radius 1 is 1.26 bits per heavy atom. The van der Waals surface area contributed by atoms with Crippen LogP contribution in [0.5, 0.6) is 0 Å². The molecule has 3 nitrogen and oxygen atoms in total. The summed E-state index contributed by atoms with van der Waals surface area (Å²) in [6.07, 6.45) is 3.97. The van der Waals surface area contributed by atoms with Gasteiger partial charge in [-0.3, -0.25) is 4.79 Å². The lowest BCUT2D eigenvalue weighted by atomic mass is 10.0. The zero-order valence-electron chi connectivity index (χ0n) is 11.8. The highest BCUT2D eigenvalue weighted by atomic mass is 35.5. The highest BCUT2D eigenvalue weighted by molar-refractivity contribution is 5.85. The molecule has 1 aromatic carbocycles. The van der Waals surface area contributed by atoms with Gasteiger partial charge in [0.25, 0.3) is 0 Å². The van der Waals surface area contributed by atoms with Crippen LogP contribution in [0.25, 0.3) is 0 Å². The Hall–Kier alpha value is -1.06. The number of carbonyl (C=O) groups is 1. The number of carbonyl (C=O) groups excluding carboxylic acids is 1. The number of hydrogen-bond acceptors (Lipinski definition) is 2. The summed E-state index contributed by atoms with van der Waals surface area (Å²) in [4.78, 5) is 11.7. The molecule has 0 unspecified atom stereocenters. The van der Waals surface area contributed by atoms with Gasteiger partial charge >= 0.3 is 0 Å². The maximum absolute atomic E-state index is 11.7. The Morgan fingerprint density at radius 2 is 1.84 bits per heavy atom. The van der Waals surface area contributed by atoms with Gasteiger partial charge in [-0.05, 0) is 30.9 Å². The van der Waals surface area contributed by atoms with Crippen molar-refractivity contribution < 1.29 is 4.79 Å². The fraction of sp³-hybridized carbons (Fsp3) is 0.533. The maximum Gasteiger partial charge on any atom is 0.224 e. The number of rotatable bonds is 7. The fourth-order valence-electron chi connectivity index (χ4n) is 1.77. The first-order chi connectivity index (χ1) is 8.65. The summed E-state index contributed by atoms with van der Waals surface area (Å²) in [5, 5.41) is 2.86. The van der Waals surface area contributed by atoms with Gasteiger partial charge in [0, 0.05) is 12.6 Å². The molecule has 0 saturated heterocycles. The van der Waals surface area contributed by atoms with E-state index in [0.29, 0.717) is 13.0 Å². The molecular formula is C15H25ClN2O. The number of benzene rings is 1. The fourth-order valence-corrected chi connectivity index (χ4v) is 1.77. The number of halogens is 1. The molecule has 108 valence electrons. The molecule has 0 aliphatic rings. The van der Waals surface area contributed by atoms with Gasteiger partial charge in [0.15, 0.2) is 0 Å². The van der Waals surface area contributed by atoms with E-state index < -0.39 is 0 Å². The molecule has 0 bridgehead atoms. The standard InChI is InChI=1S/C15H24N2O.ClH/c1-3-4-5-13-6-8-14(9-7-13)10-15(18)17-12(2)11-16;/h6-9,12H,3-5,10-11,16H2,1-2H3,(H,17,18);1H/t12-;/m0./s1. The minimum atomic E-state index is 0. The third-order valence-corrected chi connectivity index (χ3v) is 2.97. The largest absolute Gasteiger partial charge is 0.352 e. The topological polar surface area (TPSA) is 55.1 Å². The van der Waals surface area contributed by atoms with E-state index in [1.165, 1.54) is 18.4 Å². The average molecular weight is 285 g/mol. The van der Waals surface area contributed by atoms with E-state index in [9.17, 15) is 4.79 Å². The Labute approximate surface area is 122 Å². The summed E-state index contributed by atoms with van der Waals surface area (Å²) >= 11 is 0. The van der Waals surface area contributed by atoms with Crippen LogP contribution in [0, 0.1) is 0 Å². The van der Waals surface area contributed by atoms with Crippen LogP contribution in [0.15, 0.2) is 24.3 Å². The lowest BCUT2D eigenvalue weighted by molar-refractivity contribution is -0.120. The minimum absolute atomic E-state index is 0. The molecule has 1 amide bonds. The van der Waals surface area contributed by atoms with Crippen molar-refractivity contribution in [3.63, 3.8) is 0 Å². The normalized spacial score (nSPS) is 11.5. The number of unbranched alkanes of at least 4 members (excludes halogenated alkanes) is 1. The third kappa shape index (κ3) is 7.19. The molecule has 1 aromatic rings. The number of aryl methyl sites for hydroxylation is 1. The minimum Gasteiger partial charge on any atom is -0.352 e. The van der Waals surface area contributed by atoms with Crippen molar-refractivity contribution in [1.29, 1.82) is 0 Å². The molecule has 1 rings (SSSR count). The molecule has 0 heterocycles. The van der Waals surface area contributed by atoms with Crippen LogP contribution in [0.2, 0.25) is 0 Å². The third-order valence-electron chi connectivity index (χ3n) is 2.97. The number of hydrogen-bond donors (Lipinski definition) is 2. The Kier molecular flexibility index (Phi) is 9.27. The predicted octanol–water partition coefficient (Wildman–Crippen LogP) is 2.46. The van der Waals surface area contributed by atoms with Crippen molar-refractivity contribution in [3.05, 3.63) is 35.4 Å². The summed E-state index contributed by atoms with van der Waals surface area (Å²) in [6, 6.07) is 8.35. The number of amides is 1. The SMILES string of the molecule is CCCCc1ccc(CC(=O)N[C@@H](C)CN)cc1.Cl. The molecule has 0 spiro atoms. The molecule has 3 N–H and O–H groups in total. The second kappa shape index (κ2) is 9.82. The number of nitrogens with one attached hydrogen (secondary N) is 1. The van der Waals surface area contributed by atoms with Crippen LogP contribution < -0.4 is 11.1 Å². The van der Waals surface area contributed by atoms with Gasteiger partial charge in [0.1, 0.15) is 0 Å². The van der Waals surface area contributed by atoms with Crippen molar-refractivity contribution in [2.75, 3.05) is 6.54 Å². The van der Waals surface area contributed by atoms with Crippen molar-refractivity contribution >= 4 is 18.3 Å². The first-order valence-electron chi connectivity index (χ1n) is 6.73. The molecule has 0 fully saturated rings. The van der Waals surface area contributed by atoms with Crippen LogP contribution in [-0.4, -0.2) is 18.5 Å². The highest BCUT2D eigenvalue weighted by Gasteiger charge is 2.06. The summed E-state index contributed by atoms with van der Waals surface area (Å²) in [6.45, 7) is 4.57. The summed E-state index contributed by atoms with van der Waals surface area (Å²) < 4.78 is 0. The molecule has 0 radical (unpaired) electrons. The zero-order valence-corrected chi connectivity index (χ0v) is 12.6. The number of nitrogens with two attached hydrogens (primary N) is 1. The molecule has 0 aliphatic carbocycles. The van der Waals surface area contributed by atoms with Crippen molar-refractivity contribution in [2.45, 2.75) is 45.6 Å². The van der Waals surface area contributed by atoms with E-state index in [1.54, 1.807) is 0 Å². The Balaban J connectivity index is 0.00000324. The Bertz CT molecular complexity index is 365. The average Bonchev–Trinajstić information content (AvgIpc) is 2.37. The molecule has 0 aliphatic heterocycles. The van der Waals surface area contributed by atoms with Gasteiger partial charge < -0.3 is 11.1 Å². The second-order valence-electron chi connectivity index (χ2n) is 4.80. The van der Waals surface area contributed by atoms with Crippen LogP contribution in [0.1, 0.15) is 37.8 Å². The highest BCUT2D eigenvalue weighted by Crippen LogP contribution is 2.08. The summed E-state index contributed by atoms with van der Waals surface area (Å²) in [7, 11) is 0. The molecular weight excluding hydrogens is 260 g/mol. The van der Waals surface area contributed by atoms with Gasteiger partial charge in [-0.2, -0.15) is 0 Å². The van der Waals surface area contributed by atoms with Gasteiger partial charge in [0.2, 0.25) is 5.91 Å². The van der Waals surface area contributed by atoms with E-state index in [2.05, 4.69) is 24.4 Å². The molecule has 0 saturated carbocycles. The van der Waals surface area contributed by atoms with E-state index in [4.69, 9.17) is 5.73 Å². The van der Waals surface area contributed by atoms with Crippen LogP contribution >= 0.6 is 12.4 Å². The van der Waals surface area contributed by atoms with Gasteiger partial charge in [-0.15, -0.1) is 12.4 Å². The monoisotopic (exact) mass is 284 g/mol. The van der Waals surface area contributed by atoms with E-state index in [0.717, 1.165) is 12.0 Å². The van der Waals surface area contributed by atoms with Gasteiger partial charge in [-0.1, -0.05) is 37.6 Å². The van der Waals surface area contributed by atoms with Crippen LogP contribution in [0.3, 0.4) is 0 Å². The van der Waals surface area contributed by atoms with Crippen LogP contribution in [0.4, 0.5) is 0 Å². The van der Waals surface area contributed by atoms with Crippen LogP contribution in [-0.2, 0) is 17.6 Å². The van der Waals surface area contributed by atoms with Gasteiger partial charge in [-0.25, -0.2) is 0 Å². The molecule has 4 heteroatoms. The zero-order chi connectivity index (χ0) is 13.4. The lowest BCUT2D eigenvalue weighted by Crippen LogP contribution is -2.38. The van der Waals surface area contributed by atoms with Crippen molar-refractivity contribution in [2.24, 2.45) is 5.73 Å². The quantitative estimate of drug-likeness (QED) is 0.808. The first-order valence-corrected chi connectivity index (χ1v) is 6.73. The van der Waals surface area contributed by atoms with E-state index in [1.807, 2.05) is 19.1 Å². The lowest BCUT2D eigenvalue weighted by Gasteiger charge is -2.11. The van der Waals surface area contributed by atoms with E-state index in [-0.39, 0.29) is 24.4 Å². The Morgan fingerprint density at radius 3 is 2.37 bits per heavy atom. The predicted molar refractivity (Wildman–Crippen MR) is 82.7 cm³/mol. The summed E-state index contributed by atoms with van der Waals surface area (Å²) in [5.41, 5.74) is 7.86. The van der Waals surface area contributed by atoms with Gasteiger partial charge in [0.05, 0.1) is 6.42 Å². The molecule has 0 aromatic heterocycles. The molecule has 19 heavy (non-hydrogen) atoms. The maximum atomic E-state index is 11.7. The second-order valence-corrected chi connectivity index (χ2v) is 4.80. The molecule has 1 atom stereocenters. The summed E-state index contributed by atoms with van der Waals surface area (Å²) in [5.74, 6) is 0.0364. The smallest absolute Gasteiger partial charge is 0.224 e. The van der Waals surface area contributed by atoms with Crippen molar-refractivity contribution in [3.8, 4) is 0 Å². The first kappa shape index (κ1) is 17.9.